The monoisotopic (exact) mass is 269 g/mol. The Morgan fingerprint density at radius 2 is 2.07 bits per heavy atom. The third kappa shape index (κ3) is 2.07. The Morgan fingerprint density at radius 1 is 1.47 bits per heavy atom. The van der Waals surface area contributed by atoms with E-state index >= 15 is 0 Å². The van der Waals surface area contributed by atoms with Crippen molar-refractivity contribution in [3.05, 3.63) is 22.2 Å². The summed E-state index contributed by atoms with van der Waals surface area (Å²) in [7, 11) is 1.48. The Balaban J connectivity index is 3.38. The topological polar surface area (TPSA) is 53.2 Å². The summed E-state index contributed by atoms with van der Waals surface area (Å²) in [5.74, 6) is 0.415. The van der Waals surface area contributed by atoms with Gasteiger partial charge in [-0.15, -0.1) is 0 Å². The van der Waals surface area contributed by atoms with E-state index in [-0.39, 0.29) is 5.75 Å². The first-order valence-electron chi connectivity index (χ1n) is 4.41. The van der Waals surface area contributed by atoms with Crippen LogP contribution in [0.2, 0.25) is 0 Å². The van der Waals surface area contributed by atoms with E-state index in [1.807, 2.05) is 0 Å². The maximum absolute atomic E-state index is 9.76. The van der Waals surface area contributed by atoms with Gasteiger partial charge in [0.05, 0.1) is 23.1 Å². The van der Waals surface area contributed by atoms with Crippen molar-refractivity contribution in [2.45, 2.75) is 19.3 Å². The molecule has 0 heterocycles. The van der Waals surface area contributed by atoms with Crippen molar-refractivity contribution in [3.8, 4) is 17.6 Å². The van der Waals surface area contributed by atoms with Crippen LogP contribution >= 0.6 is 15.9 Å². The van der Waals surface area contributed by atoms with Crippen LogP contribution in [-0.2, 0) is 5.41 Å². The lowest BCUT2D eigenvalue weighted by atomic mass is 9.86. The lowest BCUT2D eigenvalue weighted by molar-refractivity contribution is 0.370. The molecular formula is C11H12BrNO2. The zero-order valence-electron chi connectivity index (χ0n) is 8.84. The Labute approximate surface area is 97.4 Å². The summed E-state index contributed by atoms with van der Waals surface area (Å²) in [6.07, 6.45) is 0. The summed E-state index contributed by atoms with van der Waals surface area (Å²) >= 11 is 3.27. The third-order valence-corrected chi connectivity index (χ3v) is 3.05. The van der Waals surface area contributed by atoms with Crippen LogP contribution in [0.5, 0.6) is 11.5 Å². The highest BCUT2D eigenvalue weighted by atomic mass is 79.9. The minimum atomic E-state index is -0.650. The molecule has 3 nitrogen and oxygen atoms in total. The number of hydrogen-bond acceptors (Lipinski definition) is 3. The fourth-order valence-corrected chi connectivity index (χ4v) is 2.08. The first-order chi connectivity index (χ1) is 6.94. The molecule has 0 radical (unpaired) electrons. The molecule has 0 fully saturated rings. The van der Waals surface area contributed by atoms with Crippen molar-refractivity contribution >= 4 is 15.9 Å². The van der Waals surface area contributed by atoms with E-state index in [0.717, 1.165) is 5.56 Å². The molecule has 1 aromatic carbocycles. The van der Waals surface area contributed by atoms with Gasteiger partial charge in [-0.05, 0) is 41.4 Å². The number of halogens is 1. The average Bonchev–Trinajstić information content (AvgIpc) is 2.21. The maximum atomic E-state index is 9.76. The van der Waals surface area contributed by atoms with Crippen LogP contribution < -0.4 is 4.74 Å². The zero-order valence-corrected chi connectivity index (χ0v) is 10.4. The van der Waals surface area contributed by atoms with Gasteiger partial charge >= 0.3 is 0 Å². The Bertz CT molecular complexity index is 421. The molecule has 15 heavy (non-hydrogen) atoms. The lowest BCUT2D eigenvalue weighted by Crippen LogP contribution is -2.14. The van der Waals surface area contributed by atoms with Gasteiger partial charge in [0.1, 0.15) is 0 Å². The van der Waals surface area contributed by atoms with Crippen LogP contribution in [0.4, 0.5) is 0 Å². The van der Waals surface area contributed by atoms with Crippen LogP contribution in [0.15, 0.2) is 16.6 Å². The molecule has 0 aromatic heterocycles. The van der Waals surface area contributed by atoms with Crippen molar-refractivity contribution in [3.63, 3.8) is 0 Å². The molecule has 0 aliphatic heterocycles. The first kappa shape index (κ1) is 11.9. The van der Waals surface area contributed by atoms with Crippen molar-refractivity contribution in [2.24, 2.45) is 0 Å². The number of rotatable bonds is 2. The molecule has 0 amide bonds. The number of hydrogen-bond donors (Lipinski definition) is 1. The summed E-state index contributed by atoms with van der Waals surface area (Å²) in [6, 6.07) is 5.60. The molecule has 1 aromatic rings. The summed E-state index contributed by atoms with van der Waals surface area (Å²) in [6.45, 7) is 3.58. The van der Waals surface area contributed by atoms with Crippen molar-refractivity contribution < 1.29 is 9.84 Å². The van der Waals surface area contributed by atoms with E-state index in [2.05, 4.69) is 22.0 Å². The number of ether oxygens (including phenoxy) is 1. The molecule has 0 saturated heterocycles. The van der Waals surface area contributed by atoms with Gasteiger partial charge in [0.15, 0.2) is 11.5 Å². The van der Waals surface area contributed by atoms with E-state index in [1.165, 1.54) is 7.11 Å². The summed E-state index contributed by atoms with van der Waals surface area (Å²) in [4.78, 5) is 0. The predicted molar refractivity (Wildman–Crippen MR) is 61.0 cm³/mol. The van der Waals surface area contributed by atoms with E-state index in [1.54, 1.807) is 26.0 Å². The van der Waals surface area contributed by atoms with Crippen LogP contribution in [-0.4, -0.2) is 12.2 Å². The van der Waals surface area contributed by atoms with Gasteiger partial charge in [-0.3, -0.25) is 0 Å². The van der Waals surface area contributed by atoms with Crippen LogP contribution in [0, 0.1) is 11.3 Å². The molecule has 0 aliphatic carbocycles. The van der Waals surface area contributed by atoms with Gasteiger partial charge in [0.2, 0.25) is 0 Å². The predicted octanol–water partition coefficient (Wildman–Crippen LogP) is 2.96. The Hall–Kier alpha value is -1.21. The number of aromatic hydroxyl groups is 1. The zero-order chi connectivity index (χ0) is 11.6. The molecular weight excluding hydrogens is 258 g/mol. The third-order valence-electron chi connectivity index (χ3n) is 2.25. The smallest absolute Gasteiger partial charge is 0.172 e. The largest absolute Gasteiger partial charge is 0.503 e. The SMILES string of the molecule is COc1ccc(C(C)(C)C#N)c(Br)c1O. The van der Waals surface area contributed by atoms with Crippen LogP contribution in [0.3, 0.4) is 0 Å². The number of methoxy groups -OCH3 is 1. The second-order valence-corrected chi connectivity index (χ2v) is 4.51. The molecule has 0 spiro atoms. The lowest BCUT2D eigenvalue weighted by Gasteiger charge is -2.19. The van der Waals surface area contributed by atoms with Crippen molar-refractivity contribution in [1.29, 1.82) is 5.26 Å². The highest BCUT2D eigenvalue weighted by Gasteiger charge is 2.25. The van der Waals surface area contributed by atoms with Gasteiger partial charge in [0, 0.05) is 0 Å². The molecule has 0 atom stereocenters. The number of nitriles is 1. The van der Waals surface area contributed by atoms with Crippen LogP contribution in [0.25, 0.3) is 0 Å². The highest BCUT2D eigenvalue weighted by Crippen LogP contribution is 2.40. The maximum Gasteiger partial charge on any atom is 0.172 e. The second kappa shape index (κ2) is 4.11. The second-order valence-electron chi connectivity index (χ2n) is 3.71. The minimum absolute atomic E-state index is 0.0262. The number of benzene rings is 1. The van der Waals surface area contributed by atoms with Gasteiger partial charge in [-0.1, -0.05) is 6.07 Å². The standard InChI is InChI=1S/C11H12BrNO2/c1-11(2,6-13)7-4-5-8(15-3)10(14)9(7)12/h4-5,14H,1-3H3. The normalized spacial score (nSPS) is 10.9. The summed E-state index contributed by atoms with van der Waals surface area (Å²) in [5, 5.41) is 18.8. The minimum Gasteiger partial charge on any atom is -0.503 e. The fraction of sp³-hybridized carbons (Fsp3) is 0.364. The molecule has 0 bridgehead atoms. The van der Waals surface area contributed by atoms with Crippen molar-refractivity contribution in [1.82, 2.24) is 0 Å². The fourth-order valence-electron chi connectivity index (χ4n) is 1.25. The van der Waals surface area contributed by atoms with Gasteiger partial charge < -0.3 is 9.84 Å². The van der Waals surface area contributed by atoms with Gasteiger partial charge in [-0.25, -0.2) is 0 Å². The van der Waals surface area contributed by atoms with Gasteiger partial charge in [0.25, 0.3) is 0 Å². The molecule has 4 heteroatoms. The summed E-state index contributed by atoms with van der Waals surface area (Å²) in [5.41, 5.74) is 0.0890. The number of nitrogens with zero attached hydrogens (tertiary/aromatic N) is 1. The molecule has 80 valence electrons. The van der Waals surface area contributed by atoms with Crippen molar-refractivity contribution in [2.75, 3.05) is 7.11 Å². The first-order valence-corrected chi connectivity index (χ1v) is 5.20. The van der Waals surface area contributed by atoms with Gasteiger partial charge in [-0.2, -0.15) is 5.26 Å². The molecule has 0 saturated carbocycles. The summed E-state index contributed by atoms with van der Waals surface area (Å²) < 4.78 is 5.47. The van der Waals surface area contributed by atoms with Crippen LogP contribution in [0.1, 0.15) is 19.4 Å². The molecule has 1 N–H and O–H groups in total. The molecule has 1 rings (SSSR count). The highest BCUT2D eigenvalue weighted by molar-refractivity contribution is 9.10. The number of phenolic OH excluding ortho intramolecular Hbond substituents is 1. The molecule has 0 unspecified atom stereocenters. The van der Waals surface area contributed by atoms with E-state index in [4.69, 9.17) is 10.00 Å². The molecule has 0 aliphatic rings. The average molecular weight is 270 g/mol. The number of phenols is 1. The Kier molecular flexibility index (Phi) is 3.25. The van der Waals surface area contributed by atoms with E-state index < -0.39 is 5.41 Å². The van der Waals surface area contributed by atoms with E-state index in [9.17, 15) is 5.11 Å². The quantitative estimate of drug-likeness (QED) is 0.898. The van der Waals surface area contributed by atoms with E-state index in [0.29, 0.717) is 10.2 Å². The Morgan fingerprint density at radius 3 is 2.53 bits per heavy atom.